The van der Waals surface area contributed by atoms with E-state index in [9.17, 15) is 9.50 Å². The van der Waals surface area contributed by atoms with Gasteiger partial charge in [-0.1, -0.05) is 18.2 Å². The molecule has 2 N–H and O–H groups in total. The SMILES string of the molecule is Cc1ccc(F)cc1C(O)c1cccc2[nH]ccc12. The fourth-order valence-electron chi connectivity index (χ4n) is 2.42. The highest BCUT2D eigenvalue weighted by molar-refractivity contribution is 5.83. The van der Waals surface area contributed by atoms with Gasteiger partial charge in [0.25, 0.3) is 0 Å². The van der Waals surface area contributed by atoms with Crippen molar-refractivity contribution in [2.75, 3.05) is 0 Å². The summed E-state index contributed by atoms with van der Waals surface area (Å²) in [5.74, 6) is -0.333. The molecule has 96 valence electrons. The van der Waals surface area contributed by atoms with Gasteiger partial charge in [0.05, 0.1) is 0 Å². The Balaban J connectivity index is 2.15. The van der Waals surface area contributed by atoms with Crippen molar-refractivity contribution < 1.29 is 9.50 Å². The average Bonchev–Trinajstić information content (AvgIpc) is 2.89. The van der Waals surface area contributed by atoms with Crippen LogP contribution in [0.15, 0.2) is 48.7 Å². The Morgan fingerprint density at radius 1 is 1.11 bits per heavy atom. The van der Waals surface area contributed by atoms with E-state index >= 15 is 0 Å². The zero-order chi connectivity index (χ0) is 13.4. The molecule has 0 amide bonds. The van der Waals surface area contributed by atoms with Crippen LogP contribution in [-0.4, -0.2) is 10.1 Å². The molecule has 1 unspecified atom stereocenters. The Morgan fingerprint density at radius 2 is 1.95 bits per heavy atom. The fourth-order valence-corrected chi connectivity index (χ4v) is 2.42. The number of H-pyrrole nitrogens is 1. The van der Waals surface area contributed by atoms with Gasteiger partial charge in [-0.3, -0.25) is 0 Å². The summed E-state index contributed by atoms with van der Waals surface area (Å²) < 4.78 is 13.4. The topological polar surface area (TPSA) is 36.0 Å². The summed E-state index contributed by atoms with van der Waals surface area (Å²) in [5, 5.41) is 11.5. The lowest BCUT2D eigenvalue weighted by Crippen LogP contribution is -2.03. The average molecular weight is 255 g/mol. The maximum absolute atomic E-state index is 13.4. The van der Waals surface area contributed by atoms with Crippen molar-refractivity contribution in [2.45, 2.75) is 13.0 Å². The molecule has 0 saturated carbocycles. The predicted octanol–water partition coefficient (Wildman–Crippen LogP) is 3.70. The molecule has 0 radical (unpaired) electrons. The largest absolute Gasteiger partial charge is 0.384 e. The lowest BCUT2D eigenvalue weighted by molar-refractivity contribution is 0.220. The summed E-state index contributed by atoms with van der Waals surface area (Å²) in [4.78, 5) is 3.11. The summed E-state index contributed by atoms with van der Waals surface area (Å²) in [6.45, 7) is 1.87. The molecule has 3 rings (SSSR count). The normalized spacial score (nSPS) is 12.8. The van der Waals surface area contributed by atoms with Crippen molar-refractivity contribution in [1.29, 1.82) is 0 Å². The second kappa shape index (κ2) is 4.52. The molecule has 0 saturated heterocycles. The van der Waals surface area contributed by atoms with Crippen LogP contribution in [0.3, 0.4) is 0 Å². The maximum Gasteiger partial charge on any atom is 0.123 e. The zero-order valence-electron chi connectivity index (χ0n) is 10.5. The van der Waals surface area contributed by atoms with Crippen LogP contribution in [0.4, 0.5) is 4.39 Å². The number of hydrogen-bond donors (Lipinski definition) is 2. The number of aromatic nitrogens is 1. The molecule has 1 aromatic heterocycles. The molecule has 3 heteroatoms. The molecule has 1 heterocycles. The van der Waals surface area contributed by atoms with Crippen LogP contribution in [0.2, 0.25) is 0 Å². The van der Waals surface area contributed by atoms with E-state index in [0.29, 0.717) is 5.56 Å². The maximum atomic E-state index is 13.4. The molecule has 0 spiro atoms. The van der Waals surface area contributed by atoms with Gasteiger partial charge in [0, 0.05) is 17.1 Å². The van der Waals surface area contributed by atoms with Crippen LogP contribution in [0, 0.1) is 12.7 Å². The summed E-state index contributed by atoms with van der Waals surface area (Å²) >= 11 is 0. The molecule has 2 nitrogen and oxygen atoms in total. The molecular weight excluding hydrogens is 241 g/mol. The molecular formula is C16H14FNO. The molecule has 1 atom stereocenters. The van der Waals surface area contributed by atoms with E-state index in [1.807, 2.05) is 37.4 Å². The standard InChI is InChI=1S/C16H14FNO/c1-10-5-6-11(17)9-14(10)16(19)13-3-2-4-15-12(13)7-8-18-15/h2-9,16,18-19H,1H3. The molecule has 0 aliphatic heterocycles. The summed E-state index contributed by atoms with van der Waals surface area (Å²) in [5.41, 5.74) is 3.23. The minimum Gasteiger partial charge on any atom is -0.384 e. The number of aryl methyl sites for hydroxylation is 1. The van der Waals surface area contributed by atoms with Crippen LogP contribution in [-0.2, 0) is 0 Å². The van der Waals surface area contributed by atoms with E-state index in [1.54, 1.807) is 6.07 Å². The van der Waals surface area contributed by atoms with Crippen molar-refractivity contribution in [3.63, 3.8) is 0 Å². The second-order valence-corrected chi connectivity index (χ2v) is 4.69. The Bertz CT molecular complexity index is 732. The van der Waals surface area contributed by atoms with E-state index in [2.05, 4.69) is 4.98 Å². The van der Waals surface area contributed by atoms with Crippen LogP contribution in [0.5, 0.6) is 0 Å². The number of nitrogens with one attached hydrogen (secondary N) is 1. The molecule has 2 aromatic carbocycles. The number of aliphatic hydroxyl groups excluding tert-OH is 1. The minimum atomic E-state index is -0.824. The number of fused-ring (bicyclic) bond motifs is 1. The lowest BCUT2D eigenvalue weighted by Gasteiger charge is -2.15. The Labute approximate surface area is 110 Å². The fraction of sp³-hybridized carbons (Fsp3) is 0.125. The van der Waals surface area contributed by atoms with Crippen molar-refractivity contribution >= 4 is 10.9 Å². The predicted molar refractivity (Wildman–Crippen MR) is 73.5 cm³/mol. The highest BCUT2D eigenvalue weighted by Crippen LogP contribution is 2.30. The summed E-state index contributed by atoms with van der Waals surface area (Å²) in [6.07, 6.45) is 1.01. The number of hydrogen-bond acceptors (Lipinski definition) is 1. The second-order valence-electron chi connectivity index (χ2n) is 4.69. The highest BCUT2D eigenvalue weighted by Gasteiger charge is 2.16. The van der Waals surface area contributed by atoms with Gasteiger partial charge in [-0.05, 0) is 47.9 Å². The van der Waals surface area contributed by atoms with E-state index in [-0.39, 0.29) is 5.82 Å². The Kier molecular flexibility index (Phi) is 2.84. The molecule has 0 fully saturated rings. The van der Waals surface area contributed by atoms with Crippen molar-refractivity contribution in [1.82, 2.24) is 4.98 Å². The number of halogens is 1. The Morgan fingerprint density at radius 3 is 2.79 bits per heavy atom. The van der Waals surface area contributed by atoms with Gasteiger partial charge in [-0.2, -0.15) is 0 Å². The van der Waals surface area contributed by atoms with Gasteiger partial charge in [0.1, 0.15) is 11.9 Å². The van der Waals surface area contributed by atoms with Crippen LogP contribution in [0.1, 0.15) is 22.8 Å². The van der Waals surface area contributed by atoms with Gasteiger partial charge in [0.2, 0.25) is 0 Å². The van der Waals surface area contributed by atoms with E-state index in [1.165, 1.54) is 12.1 Å². The quantitative estimate of drug-likeness (QED) is 0.719. The molecule has 3 aromatic rings. The molecule has 0 aliphatic rings. The van der Waals surface area contributed by atoms with E-state index < -0.39 is 6.10 Å². The number of aliphatic hydroxyl groups is 1. The minimum absolute atomic E-state index is 0.333. The van der Waals surface area contributed by atoms with Gasteiger partial charge in [0.15, 0.2) is 0 Å². The van der Waals surface area contributed by atoms with E-state index in [4.69, 9.17) is 0 Å². The summed E-state index contributed by atoms with van der Waals surface area (Å²) in [7, 11) is 0. The van der Waals surface area contributed by atoms with Crippen molar-refractivity contribution in [3.8, 4) is 0 Å². The van der Waals surface area contributed by atoms with Crippen LogP contribution < -0.4 is 0 Å². The highest BCUT2D eigenvalue weighted by atomic mass is 19.1. The number of aromatic amines is 1. The third kappa shape index (κ3) is 2.02. The van der Waals surface area contributed by atoms with Gasteiger partial charge in [-0.15, -0.1) is 0 Å². The third-order valence-electron chi connectivity index (χ3n) is 3.46. The lowest BCUT2D eigenvalue weighted by atomic mass is 9.95. The molecule has 19 heavy (non-hydrogen) atoms. The van der Waals surface area contributed by atoms with Gasteiger partial charge < -0.3 is 10.1 Å². The molecule has 0 aliphatic carbocycles. The van der Waals surface area contributed by atoms with Gasteiger partial charge >= 0.3 is 0 Å². The first kappa shape index (κ1) is 11.9. The monoisotopic (exact) mass is 255 g/mol. The molecule has 0 bridgehead atoms. The zero-order valence-corrected chi connectivity index (χ0v) is 10.5. The van der Waals surface area contributed by atoms with Gasteiger partial charge in [-0.25, -0.2) is 4.39 Å². The first-order valence-corrected chi connectivity index (χ1v) is 6.17. The first-order chi connectivity index (χ1) is 9.16. The number of benzene rings is 2. The van der Waals surface area contributed by atoms with E-state index in [0.717, 1.165) is 22.0 Å². The van der Waals surface area contributed by atoms with Crippen molar-refractivity contribution in [3.05, 3.63) is 71.2 Å². The first-order valence-electron chi connectivity index (χ1n) is 6.17. The van der Waals surface area contributed by atoms with Crippen molar-refractivity contribution in [2.24, 2.45) is 0 Å². The number of rotatable bonds is 2. The Hall–Kier alpha value is -2.13. The third-order valence-corrected chi connectivity index (χ3v) is 3.46. The van der Waals surface area contributed by atoms with Crippen LogP contribution in [0.25, 0.3) is 10.9 Å². The van der Waals surface area contributed by atoms with Crippen LogP contribution >= 0.6 is 0 Å². The smallest absolute Gasteiger partial charge is 0.123 e. The summed E-state index contributed by atoms with van der Waals surface area (Å²) in [6, 6.07) is 12.1.